The summed E-state index contributed by atoms with van der Waals surface area (Å²) in [7, 11) is 1.39. The zero-order valence-electron chi connectivity index (χ0n) is 20.5. The number of methoxy groups -OCH3 is 1. The van der Waals surface area contributed by atoms with Crippen molar-refractivity contribution in [3.63, 3.8) is 0 Å². The van der Waals surface area contributed by atoms with Crippen molar-refractivity contribution in [2.24, 2.45) is 17.8 Å². The van der Waals surface area contributed by atoms with E-state index in [1.54, 1.807) is 30.1 Å². The van der Waals surface area contributed by atoms with E-state index in [-0.39, 0.29) is 17.4 Å². The van der Waals surface area contributed by atoms with E-state index < -0.39 is 0 Å². The number of esters is 1. The average Bonchev–Trinajstić information content (AvgIpc) is 3.26. The number of nitrogens with one attached hydrogen (secondary N) is 1. The number of ether oxygens (including phenoxy) is 1. The molecule has 4 bridgehead atoms. The standard InChI is InChI=1S/C28H35N3O3S/c1-34-27(33)21-7-9-22(10-8-21)31-26(35-23-5-3-2-4-6-23)24(17-29-31)25(32)30-28-14-18-11-19(15-28)13-20(12-18)16-28/h7-10,17-20,23H,2-6,11-16H2,1H3,(H,30,32). The molecule has 0 unspecified atom stereocenters. The van der Waals surface area contributed by atoms with Crippen molar-refractivity contribution in [1.29, 1.82) is 0 Å². The highest BCUT2D eigenvalue weighted by atomic mass is 32.2. The molecule has 1 amide bonds. The Kier molecular flexibility index (Phi) is 6.15. The molecular formula is C28H35N3O3S. The Labute approximate surface area is 211 Å². The molecule has 5 aliphatic carbocycles. The van der Waals surface area contributed by atoms with Gasteiger partial charge in [0.05, 0.1) is 30.1 Å². The molecule has 0 saturated heterocycles. The van der Waals surface area contributed by atoms with Crippen LogP contribution >= 0.6 is 11.8 Å². The Hall–Kier alpha value is -2.28. The lowest BCUT2D eigenvalue weighted by Gasteiger charge is -2.56. The van der Waals surface area contributed by atoms with E-state index >= 15 is 0 Å². The van der Waals surface area contributed by atoms with E-state index in [0.717, 1.165) is 47.7 Å². The predicted octanol–water partition coefficient (Wildman–Crippen LogP) is 5.78. The van der Waals surface area contributed by atoms with Crippen LogP contribution in [0.1, 0.15) is 91.3 Å². The van der Waals surface area contributed by atoms with Crippen LogP contribution in [0.4, 0.5) is 0 Å². The van der Waals surface area contributed by atoms with Crippen molar-refractivity contribution in [2.75, 3.05) is 7.11 Å². The highest BCUT2D eigenvalue weighted by Gasteiger charge is 2.51. The average molecular weight is 494 g/mol. The fourth-order valence-corrected chi connectivity index (χ4v) is 8.97. The van der Waals surface area contributed by atoms with Gasteiger partial charge in [0, 0.05) is 10.8 Å². The maximum absolute atomic E-state index is 13.8. The quantitative estimate of drug-likeness (QED) is 0.516. The molecule has 0 aliphatic heterocycles. The zero-order valence-corrected chi connectivity index (χ0v) is 21.3. The molecule has 7 rings (SSSR count). The van der Waals surface area contributed by atoms with Gasteiger partial charge in [0.1, 0.15) is 5.03 Å². The minimum atomic E-state index is -0.357. The summed E-state index contributed by atoms with van der Waals surface area (Å²) in [6, 6.07) is 7.27. The van der Waals surface area contributed by atoms with Crippen LogP contribution in [-0.2, 0) is 4.74 Å². The van der Waals surface area contributed by atoms with Crippen LogP contribution < -0.4 is 5.32 Å². The molecule has 35 heavy (non-hydrogen) atoms. The monoisotopic (exact) mass is 493 g/mol. The van der Waals surface area contributed by atoms with Crippen molar-refractivity contribution in [2.45, 2.75) is 86.4 Å². The molecule has 1 heterocycles. The Morgan fingerprint density at radius 1 is 1.00 bits per heavy atom. The topological polar surface area (TPSA) is 73.2 Å². The number of hydrogen-bond acceptors (Lipinski definition) is 5. The largest absolute Gasteiger partial charge is 0.465 e. The first kappa shape index (κ1) is 23.1. The summed E-state index contributed by atoms with van der Waals surface area (Å²) in [6.07, 6.45) is 15.4. The van der Waals surface area contributed by atoms with Gasteiger partial charge in [0.25, 0.3) is 5.91 Å². The summed E-state index contributed by atoms with van der Waals surface area (Å²) in [5, 5.41) is 9.65. The highest BCUT2D eigenvalue weighted by molar-refractivity contribution is 8.00. The SMILES string of the molecule is COC(=O)c1ccc(-n2ncc(C(=O)NC34CC5CC(CC(C5)C3)C4)c2SC2CCCCC2)cc1. The number of aromatic nitrogens is 2. The number of carbonyl (C=O) groups is 2. The molecule has 7 heteroatoms. The van der Waals surface area contributed by atoms with Gasteiger partial charge in [-0.3, -0.25) is 4.79 Å². The van der Waals surface area contributed by atoms with Gasteiger partial charge in [-0.1, -0.05) is 19.3 Å². The van der Waals surface area contributed by atoms with Crippen LogP contribution in [-0.4, -0.2) is 39.6 Å². The Balaban J connectivity index is 1.29. The number of hydrogen-bond donors (Lipinski definition) is 1. The molecule has 1 aromatic carbocycles. The van der Waals surface area contributed by atoms with Gasteiger partial charge in [0.2, 0.25) is 0 Å². The van der Waals surface area contributed by atoms with Crippen LogP contribution in [0.15, 0.2) is 35.5 Å². The van der Waals surface area contributed by atoms with Crippen molar-refractivity contribution in [3.05, 3.63) is 41.6 Å². The third-order valence-electron chi connectivity index (χ3n) is 8.75. The van der Waals surface area contributed by atoms with E-state index in [1.807, 2.05) is 16.8 Å². The number of carbonyl (C=O) groups excluding carboxylic acids is 2. The van der Waals surface area contributed by atoms with Gasteiger partial charge in [-0.2, -0.15) is 5.10 Å². The second kappa shape index (κ2) is 9.30. The summed E-state index contributed by atoms with van der Waals surface area (Å²) < 4.78 is 6.72. The van der Waals surface area contributed by atoms with E-state index in [4.69, 9.17) is 4.74 Å². The maximum Gasteiger partial charge on any atom is 0.337 e. The van der Waals surface area contributed by atoms with Gasteiger partial charge in [-0.15, -0.1) is 11.8 Å². The number of nitrogens with zero attached hydrogens (tertiary/aromatic N) is 2. The van der Waals surface area contributed by atoms with Crippen LogP contribution in [0.3, 0.4) is 0 Å². The Bertz CT molecular complexity index is 1070. The molecule has 0 spiro atoms. The van der Waals surface area contributed by atoms with E-state index in [2.05, 4.69) is 10.4 Å². The van der Waals surface area contributed by atoms with Gasteiger partial charge < -0.3 is 10.1 Å². The minimum absolute atomic E-state index is 0.0249. The number of rotatable bonds is 6. The fraction of sp³-hybridized carbons (Fsp3) is 0.607. The molecular weight excluding hydrogens is 458 g/mol. The first-order chi connectivity index (χ1) is 17.0. The number of amides is 1. The summed E-state index contributed by atoms with van der Waals surface area (Å²) in [4.78, 5) is 25.7. The predicted molar refractivity (Wildman–Crippen MR) is 136 cm³/mol. The Morgan fingerprint density at radius 3 is 2.23 bits per heavy atom. The van der Waals surface area contributed by atoms with Gasteiger partial charge in [-0.25, -0.2) is 9.48 Å². The van der Waals surface area contributed by atoms with Crippen LogP contribution in [0.2, 0.25) is 0 Å². The summed E-state index contributed by atoms with van der Waals surface area (Å²) in [5.41, 5.74) is 2.02. The lowest BCUT2D eigenvalue weighted by atomic mass is 9.53. The third kappa shape index (κ3) is 4.52. The van der Waals surface area contributed by atoms with Gasteiger partial charge >= 0.3 is 5.97 Å². The van der Waals surface area contributed by atoms with Crippen molar-refractivity contribution in [1.82, 2.24) is 15.1 Å². The second-order valence-electron chi connectivity index (χ2n) is 11.3. The highest BCUT2D eigenvalue weighted by Crippen LogP contribution is 2.55. The molecule has 0 atom stereocenters. The smallest absolute Gasteiger partial charge is 0.337 e. The molecule has 6 nitrogen and oxygen atoms in total. The van der Waals surface area contributed by atoms with Gasteiger partial charge in [0.15, 0.2) is 0 Å². The maximum atomic E-state index is 13.8. The lowest BCUT2D eigenvalue weighted by molar-refractivity contribution is -0.0167. The van der Waals surface area contributed by atoms with Crippen molar-refractivity contribution in [3.8, 4) is 5.69 Å². The van der Waals surface area contributed by atoms with Crippen LogP contribution in [0.5, 0.6) is 0 Å². The summed E-state index contributed by atoms with van der Waals surface area (Å²) in [5.74, 6) is 2.03. The minimum Gasteiger partial charge on any atom is -0.465 e. The van der Waals surface area contributed by atoms with Crippen molar-refractivity contribution >= 4 is 23.6 Å². The number of benzene rings is 1. The molecule has 1 aromatic heterocycles. The number of thioether (sulfide) groups is 1. The molecule has 186 valence electrons. The van der Waals surface area contributed by atoms with Crippen LogP contribution in [0.25, 0.3) is 5.69 Å². The van der Waals surface area contributed by atoms with Crippen LogP contribution in [0, 0.1) is 17.8 Å². The fourth-order valence-electron chi connectivity index (χ4n) is 7.56. The molecule has 5 saturated carbocycles. The Morgan fingerprint density at radius 2 is 1.63 bits per heavy atom. The van der Waals surface area contributed by atoms with Gasteiger partial charge in [-0.05, 0) is 93.4 Å². The molecule has 2 aromatic rings. The zero-order chi connectivity index (χ0) is 24.0. The summed E-state index contributed by atoms with van der Waals surface area (Å²) in [6.45, 7) is 0. The first-order valence-corrected chi connectivity index (χ1v) is 14.2. The summed E-state index contributed by atoms with van der Waals surface area (Å²) >= 11 is 1.80. The lowest BCUT2D eigenvalue weighted by Crippen LogP contribution is -2.59. The molecule has 0 radical (unpaired) electrons. The molecule has 5 aliphatic rings. The first-order valence-electron chi connectivity index (χ1n) is 13.3. The third-order valence-corrected chi connectivity index (χ3v) is 10.2. The molecule has 1 N–H and O–H groups in total. The normalized spacial score (nSPS) is 29.8. The second-order valence-corrected chi connectivity index (χ2v) is 12.6. The van der Waals surface area contributed by atoms with E-state index in [1.165, 1.54) is 58.5 Å². The van der Waals surface area contributed by atoms with Crippen molar-refractivity contribution < 1.29 is 14.3 Å². The van der Waals surface area contributed by atoms with E-state index in [0.29, 0.717) is 16.4 Å². The van der Waals surface area contributed by atoms with E-state index in [9.17, 15) is 9.59 Å². The molecule has 5 fully saturated rings.